The highest BCUT2D eigenvalue weighted by atomic mass is 19.1. The molecular formula is C27H29FN6O5. The third kappa shape index (κ3) is 5.21. The number of esters is 1. The van der Waals surface area contributed by atoms with Crippen molar-refractivity contribution in [2.75, 3.05) is 25.1 Å². The molecule has 1 amide bonds. The van der Waals surface area contributed by atoms with Crippen LogP contribution in [-0.4, -0.2) is 57.2 Å². The summed E-state index contributed by atoms with van der Waals surface area (Å²) < 4.78 is 30.9. The largest absolute Gasteiger partial charge is 0.448 e. The monoisotopic (exact) mass is 536 g/mol. The average molecular weight is 537 g/mol. The van der Waals surface area contributed by atoms with E-state index >= 15 is 0 Å². The highest BCUT2D eigenvalue weighted by Gasteiger charge is 2.55. The Morgan fingerprint density at radius 1 is 1.15 bits per heavy atom. The van der Waals surface area contributed by atoms with Crippen molar-refractivity contribution in [2.45, 2.75) is 44.5 Å². The summed E-state index contributed by atoms with van der Waals surface area (Å²) >= 11 is 0. The van der Waals surface area contributed by atoms with Crippen molar-refractivity contribution in [1.29, 1.82) is 0 Å². The number of imidazole rings is 1. The molecular weight excluding hydrogens is 507 g/mol. The van der Waals surface area contributed by atoms with Gasteiger partial charge in [0.2, 0.25) is 12.2 Å². The zero-order chi connectivity index (χ0) is 27.2. The summed E-state index contributed by atoms with van der Waals surface area (Å²) in [6.45, 7) is 2.43. The fourth-order valence-corrected chi connectivity index (χ4v) is 4.34. The molecule has 3 heterocycles. The lowest BCUT2D eigenvalue weighted by Crippen LogP contribution is -2.47. The number of H-pyrrole nitrogens is 1. The van der Waals surface area contributed by atoms with Crippen LogP contribution in [0, 0.1) is 17.2 Å². The minimum Gasteiger partial charge on any atom is -0.448 e. The summed E-state index contributed by atoms with van der Waals surface area (Å²) in [5.74, 6) is -0.0937. The van der Waals surface area contributed by atoms with Gasteiger partial charge in [-0.2, -0.15) is 0 Å². The number of anilines is 1. The van der Waals surface area contributed by atoms with Gasteiger partial charge in [-0.15, -0.1) is 0 Å². The van der Waals surface area contributed by atoms with Gasteiger partial charge in [-0.1, -0.05) is 0 Å². The molecule has 0 atom stereocenters. The molecule has 0 spiro atoms. The van der Waals surface area contributed by atoms with E-state index in [9.17, 15) is 14.0 Å². The van der Waals surface area contributed by atoms with Crippen molar-refractivity contribution in [1.82, 2.24) is 19.9 Å². The fraction of sp³-hybridized carbons (Fsp3) is 0.444. The summed E-state index contributed by atoms with van der Waals surface area (Å²) in [5, 5.41) is 3.27. The van der Waals surface area contributed by atoms with Crippen molar-refractivity contribution in [3.8, 4) is 22.6 Å². The molecule has 39 heavy (non-hydrogen) atoms. The molecule has 0 bridgehead atoms. The molecule has 0 unspecified atom stereocenters. The van der Waals surface area contributed by atoms with Crippen LogP contribution in [0.4, 0.5) is 10.3 Å². The molecule has 3 aromatic rings. The van der Waals surface area contributed by atoms with Crippen molar-refractivity contribution in [3.05, 3.63) is 48.2 Å². The molecule has 4 N–H and O–H groups in total. The second-order valence-corrected chi connectivity index (χ2v) is 10.7. The first kappa shape index (κ1) is 25.4. The summed E-state index contributed by atoms with van der Waals surface area (Å²) in [4.78, 5) is 41.5. The number of amides is 1. The Kier molecular flexibility index (Phi) is 6.31. The molecule has 204 valence electrons. The van der Waals surface area contributed by atoms with E-state index < -0.39 is 29.2 Å². The predicted octanol–water partition coefficient (Wildman–Crippen LogP) is 3.11. The summed E-state index contributed by atoms with van der Waals surface area (Å²) in [5.41, 5.74) is 5.43. The van der Waals surface area contributed by atoms with Gasteiger partial charge in [0.1, 0.15) is 11.2 Å². The van der Waals surface area contributed by atoms with E-state index in [4.69, 9.17) is 24.9 Å². The number of ether oxygens (including phenoxy) is 3. The third-order valence-electron chi connectivity index (χ3n) is 7.26. The second kappa shape index (κ2) is 9.69. The van der Waals surface area contributed by atoms with Crippen LogP contribution in [0.25, 0.3) is 22.6 Å². The van der Waals surface area contributed by atoms with Gasteiger partial charge >= 0.3 is 5.97 Å². The number of nitrogens with zero attached hydrogens (tertiary/aromatic N) is 3. The van der Waals surface area contributed by atoms with Gasteiger partial charge in [-0.3, -0.25) is 9.59 Å². The van der Waals surface area contributed by atoms with Crippen LogP contribution in [0.5, 0.6) is 0 Å². The van der Waals surface area contributed by atoms with Crippen molar-refractivity contribution >= 4 is 17.8 Å². The van der Waals surface area contributed by atoms with E-state index in [0.29, 0.717) is 53.2 Å². The number of hydrogen-bond acceptors (Lipinski definition) is 9. The van der Waals surface area contributed by atoms with Gasteiger partial charge in [-0.05, 0) is 56.0 Å². The Balaban J connectivity index is 1.24. The maximum Gasteiger partial charge on any atom is 0.317 e. The summed E-state index contributed by atoms with van der Waals surface area (Å²) in [7, 11) is 0. The fourth-order valence-electron chi connectivity index (χ4n) is 4.34. The van der Waals surface area contributed by atoms with Crippen LogP contribution in [-0.2, 0) is 23.8 Å². The first-order valence-electron chi connectivity index (χ1n) is 12.9. The number of nitrogens with two attached hydrogens (primary N) is 1. The van der Waals surface area contributed by atoms with Gasteiger partial charge in [0, 0.05) is 31.1 Å². The number of primary amides is 1. The van der Waals surface area contributed by atoms with E-state index in [-0.39, 0.29) is 19.0 Å². The minimum absolute atomic E-state index is 0.0179. The van der Waals surface area contributed by atoms with Crippen molar-refractivity contribution in [3.63, 3.8) is 0 Å². The van der Waals surface area contributed by atoms with E-state index in [1.54, 1.807) is 31.3 Å². The van der Waals surface area contributed by atoms with Gasteiger partial charge in [0.25, 0.3) is 5.91 Å². The number of nitrogens with one attached hydrogen (secondary N) is 2. The van der Waals surface area contributed by atoms with Crippen LogP contribution in [0.15, 0.2) is 36.5 Å². The van der Waals surface area contributed by atoms with Crippen LogP contribution < -0.4 is 11.1 Å². The molecule has 1 aliphatic heterocycles. The number of carbonyl (C=O) groups is 2. The topological polar surface area (TPSA) is 154 Å². The smallest absolute Gasteiger partial charge is 0.317 e. The van der Waals surface area contributed by atoms with Crippen molar-refractivity contribution in [2.24, 2.45) is 17.1 Å². The summed E-state index contributed by atoms with van der Waals surface area (Å²) in [6.07, 6.45) is 3.99. The maximum atomic E-state index is 13.7. The molecule has 3 aliphatic rings. The highest BCUT2D eigenvalue weighted by Crippen LogP contribution is 2.42. The Morgan fingerprint density at radius 2 is 1.87 bits per heavy atom. The number of aromatic nitrogens is 4. The van der Waals surface area contributed by atoms with Crippen LogP contribution in [0.1, 0.15) is 44.7 Å². The van der Waals surface area contributed by atoms with Crippen LogP contribution in [0.2, 0.25) is 0 Å². The first-order valence-corrected chi connectivity index (χ1v) is 12.9. The van der Waals surface area contributed by atoms with Crippen molar-refractivity contribution < 1.29 is 28.2 Å². The Morgan fingerprint density at radius 3 is 2.51 bits per heavy atom. The first-order chi connectivity index (χ1) is 18.7. The highest BCUT2D eigenvalue weighted by molar-refractivity contribution is 5.90. The quantitative estimate of drug-likeness (QED) is 0.350. The molecule has 2 aliphatic carbocycles. The van der Waals surface area contributed by atoms with Gasteiger partial charge in [0.15, 0.2) is 11.4 Å². The Hall–Kier alpha value is -3.90. The maximum absolute atomic E-state index is 13.7. The number of halogens is 1. The molecule has 6 rings (SSSR count). The third-order valence-corrected chi connectivity index (χ3v) is 7.26. The number of rotatable bonds is 9. The number of aromatic amines is 1. The van der Waals surface area contributed by atoms with E-state index in [1.165, 1.54) is 25.0 Å². The van der Waals surface area contributed by atoms with Gasteiger partial charge in [-0.25, -0.2) is 19.3 Å². The lowest BCUT2D eigenvalue weighted by atomic mass is 9.92. The van der Waals surface area contributed by atoms with Crippen LogP contribution >= 0.6 is 0 Å². The SMILES string of the molecule is CC1(C(=O)OC2(C(N)=O)CC2)COC(c2nc(-c3ccc(F)cc3)c(-c3ccnc(NCC4CC4)n3)[nH]2)OC1. The average Bonchev–Trinajstić information content (AvgIpc) is 3.87. The molecule has 12 heteroatoms. The zero-order valence-corrected chi connectivity index (χ0v) is 21.4. The molecule has 0 radical (unpaired) electrons. The number of carbonyl (C=O) groups excluding carboxylic acids is 2. The van der Waals surface area contributed by atoms with E-state index in [0.717, 1.165) is 6.54 Å². The molecule has 3 fully saturated rings. The second-order valence-electron chi connectivity index (χ2n) is 10.7. The molecule has 2 saturated carbocycles. The number of hydrogen-bond donors (Lipinski definition) is 3. The Labute approximate surface area is 223 Å². The molecule has 1 saturated heterocycles. The lowest BCUT2D eigenvalue weighted by molar-refractivity contribution is -0.240. The minimum atomic E-state index is -1.22. The summed E-state index contributed by atoms with van der Waals surface area (Å²) in [6, 6.07) is 7.75. The van der Waals surface area contributed by atoms with Crippen LogP contribution in [0.3, 0.4) is 0 Å². The molecule has 1 aromatic carbocycles. The van der Waals surface area contributed by atoms with E-state index in [1.807, 2.05) is 0 Å². The van der Waals surface area contributed by atoms with E-state index in [2.05, 4.69) is 20.3 Å². The molecule has 11 nitrogen and oxygen atoms in total. The van der Waals surface area contributed by atoms with Gasteiger partial charge < -0.3 is 30.2 Å². The lowest BCUT2D eigenvalue weighted by Gasteiger charge is -2.35. The van der Waals surface area contributed by atoms with Gasteiger partial charge in [0.05, 0.1) is 30.3 Å². The Bertz CT molecular complexity index is 1390. The zero-order valence-electron chi connectivity index (χ0n) is 21.4. The normalized spacial score (nSPS) is 23.7. The predicted molar refractivity (Wildman–Crippen MR) is 136 cm³/mol. The molecule has 2 aromatic heterocycles. The standard InChI is InChI=1S/C27H29FN6O5/c1-26(24(36)39-27(9-10-27)23(29)35)13-37-22(38-14-26)21-33-19(16-4-6-17(28)7-5-16)20(34-21)18-8-11-30-25(32-18)31-12-15-2-3-15/h4-8,11,15,22H,2-3,9-10,12-14H2,1H3,(H2,29,35)(H,33,34)(H,30,31,32). The number of benzene rings is 1.